The molecule has 0 radical (unpaired) electrons. The van der Waals surface area contributed by atoms with Crippen LogP contribution >= 0.6 is 0 Å². The van der Waals surface area contributed by atoms with Crippen LogP contribution in [0.25, 0.3) is 0 Å². The van der Waals surface area contributed by atoms with Crippen molar-refractivity contribution < 1.29 is 0 Å². The average molecular weight is 278 g/mol. The Bertz CT molecular complexity index is 522. The van der Waals surface area contributed by atoms with Crippen molar-refractivity contribution in [3.63, 3.8) is 0 Å². The third-order valence-electron chi connectivity index (χ3n) is 4.05. The van der Waals surface area contributed by atoms with Crippen LogP contribution in [-0.2, 0) is 10.8 Å². The fourth-order valence-electron chi connectivity index (χ4n) is 2.48. The first-order chi connectivity index (χ1) is 9.66. The highest BCUT2D eigenvalue weighted by Gasteiger charge is 2.14. The minimum atomic E-state index is 0.229. The van der Waals surface area contributed by atoms with Crippen LogP contribution in [0, 0.1) is 0 Å². The molecule has 2 aromatic carbocycles. The zero-order chi connectivity index (χ0) is 15.7. The second kappa shape index (κ2) is 5.71. The SMILES string of the molecule is CC(C)(C)c1ccc(Bc2ccc(C(C)(C)C)cc2)cc1. The molecule has 0 N–H and O–H groups in total. The van der Waals surface area contributed by atoms with Crippen molar-refractivity contribution in [1.82, 2.24) is 0 Å². The van der Waals surface area contributed by atoms with Crippen molar-refractivity contribution in [1.29, 1.82) is 0 Å². The molecule has 0 unspecified atom stereocenters. The Hall–Kier alpha value is -1.50. The van der Waals surface area contributed by atoms with Crippen LogP contribution in [0.4, 0.5) is 0 Å². The Balaban J connectivity index is 2.12. The van der Waals surface area contributed by atoms with Crippen LogP contribution in [0.1, 0.15) is 52.7 Å². The van der Waals surface area contributed by atoms with E-state index < -0.39 is 0 Å². The maximum atomic E-state index is 2.26. The molecule has 21 heavy (non-hydrogen) atoms. The molecule has 0 aromatic heterocycles. The van der Waals surface area contributed by atoms with Gasteiger partial charge >= 0.3 is 0 Å². The lowest BCUT2D eigenvalue weighted by atomic mass is 9.63. The van der Waals surface area contributed by atoms with Gasteiger partial charge in [0.15, 0.2) is 7.28 Å². The predicted octanol–water partition coefficient (Wildman–Crippen LogP) is 3.67. The quantitative estimate of drug-likeness (QED) is 0.735. The standard InChI is InChI=1S/C20H27B/c1-19(2,3)15-7-11-17(12-8-15)21-18-13-9-16(10-14-18)20(4,5)6/h7-14,21H,1-6H3. The summed E-state index contributed by atoms with van der Waals surface area (Å²) in [6.07, 6.45) is 0. The van der Waals surface area contributed by atoms with Crippen molar-refractivity contribution in [3.8, 4) is 0 Å². The minimum absolute atomic E-state index is 0.229. The molecule has 0 saturated carbocycles. The molecule has 1 heteroatoms. The summed E-state index contributed by atoms with van der Waals surface area (Å²) < 4.78 is 0. The van der Waals surface area contributed by atoms with Gasteiger partial charge in [-0.3, -0.25) is 0 Å². The van der Waals surface area contributed by atoms with E-state index in [4.69, 9.17) is 0 Å². The summed E-state index contributed by atoms with van der Waals surface area (Å²) >= 11 is 0. The topological polar surface area (TPSA) is 0 Å². The number of hydrogen-bond donors (Lipinski definition) is 0. The minimum Gasteiger partial charge on any atom is -0.0785 e. The van der Waals surface area contributed by atoms with Crippen LogP contribution in [0.15, 0.2) is 48.5 Å². The van der Waals surface area contributed by atoms with E-state index in [1.807, 2.05) is 0 Å². The van der Waals surface area contributed by atoms with E-state index in [1.54, 1.807) is 0 Å². The molecule has 2 rings (SSSR count). The van der Waals surface area contributed by atoms with Gasteiger partial charge in [-0.15, -0.1) is 0 Å². The highest BCUT2D eigenvalue weighted by molar-refractivity contribution is 6.67. The van der Waals surface area contributed by atoms with Crippen molar-refractivity contribution in [2.24, 2.45) is 0 Å². The molecule has 0 aliphatic rings. The zero-order valence-electron chi connectivity index (χ0n) is 14.3. The molecule has 0 spiro atoms. The molecular weight excluding hydrogens is 251 g/mol. The van der Waals surface area contributed by atoms with Crippen LogP contribution in [0.2, 0.25) is 0 Å². The van der Waals surface area contributed by atoms with Gasteiger partial charge in [0.2, 0.25) is 0 Å². The van der Waals surface area contributed by atoms with Crippen LogP contribution in [-0.4, -0.2) is 7.28 Å². The molecule has 110 valence electrons. The summed E-state index contributed by atoms with van der Waals surface area (Å²) in [6.45, 7) is 13.5. The first-order valence-corrected chi connectivity index (χ1v) is 7.85. The summed E-state index contributed by atoms with van der Waals surface area (Å²) in [5.74, 6) is 0. The van der Waals surface area contributed by atoms with E-state index in [2.05, 4.69) is 90.1 Å². The van der Waals surface area contributed by atoms with Crippen LogP contribution in [0.3, 0.4) is 0 Å². The summed E-state index contributed by atoms with van der Waals surface area (Å²) in [5.41, 5.74) is 6.02. The molecule has 0 nitrogen and oxygen atoms in total. The average Bonchev–Trinajstić information content (AvgIpc) is 2.38. The van der Waals surface area contributed by atoms with Gasteiger partial charge in [0, 0.05) is 0 Å². The highest BCUT2D eigenvalue weighted by Crippen LogP contribution is 2.21. The van der Waals surface area contributed by atoms with Crippen molar-refractivity contribution in [3.05, 3.63) is 59.7 Å². The van der Waals surface area contributed by atoms with Gasteiger partial charge in [-0.05, 0) is 22.0 Å². The highest BCUT2D eigenvalue weighted by atomic mass is 14.2. The Morgan fingerprint density at radius 1 is 0.524 bits per heavy atom. The lowest BCUT2D eigenvalue weighted by Crippen LogP contribution is -2.27. The van der Waals surface area contributed by atoms with Crippen molar-refractivity contribution >= 4 is 18.2 Å². The lowest BCUT2D eigenvalue weighted by Gasteiger charge is -2.19. The van der Waals surface area contributed by atoms with Crippen LogP contribution < -0.4 is 10.9 Å². The molecule has 0 aliphatic carbocycles. The molecular formula is C20H27B. The van der Waals surface area contributed by atoms with Gasteiger partial charge in [-0.25, -0.2) is 0 Å². The van der Waals surface area contributed by atoms with Crippen molar-refractivity contribution in [2.45, 2.75) is 52.4 Å². The van der Waals surface area contributed by atoms with E-state index in [1.165, 1.54) is 22.1 Å². The van der Waals surface area contributed by atoms with Gasteiger partial charge < -0.3 is 0 Å². The second-order valence-corrected chi connectivity index (χ2v) is 8.07. The number of rotatable bonds is 2. The van der Waals surface area contributed by atoms with Gasteiger partial charge in [-0.2, -0.15) is 0 Å². The van der Waals surface area contributed by atoms with Gasteiger partial charge in [0.05, 0.1) is 0 Å². The molecule has 2 aromatic rings. The normalized spacial score (nSPS) is 12.3. The Labute approximate surface area is 130 Å². The van der Waals surface area contributed by atoms with E-state index in [0.29, 0.717) is 0 Å². The first kappa shape index (κ1) is 15.9. The monoisotopic (exact) mass is 278 g/mol. The smallest absolute Gasteiger partial charge is 0.0785 e. The summed E-state index contributed by atoms with van der Waals surface area (Å²) in [5, 5.41) is 0. The fraction of sp³-hybridized carbons (Fsp3) is 0.400. The third kappa shape index (κ3) is 4.23. The Morgan fingerprint density at radius 2 is 0.810 bits per heavy atom. The summed E-state index contributed by atoms with van der Waals surface area (Å²) in [4.78, 5) is 0. The number of hydrogen-bond acceptors (Lipinski definition) is 0. The molecule has 0 bridgehead atoms. The van der Waals surface area contributed by atoms with Crippen LogP contribution in [0.5, 0.6) is 0 Å². The molecule has 0 atom stereocenters. The molecule has 0 fully saturated rings. The van der Waals surface area contributed by atoms with Gasteiger partial charge in [0.1, 0.15) is 0 Å². The summed E-state index contributed by atoms with van der Waals surface area (Å²) in [7, 11) is 1.01. The third-order valence-corrected chi connectivity index (χ3v) is 4.05. The Morgan fingerprint density at radius 3 is 1.05 bits per heavy atom. The zero-order valence-corrected chi connectivity index (χ0v) is 14.3. The molecule has 0 heterocycles. The Kier molecular flexibility index (Phi) is 4.32. The fourth-order valence-corrected chi connectivity index (χ4v) is 2.48. The molecule has 0 aliphatic heterocycles. The van der Waals surface area contributed by atoms with E-state index in [9.17, 15) is 0 Å². The lowest BCUT2D eigenvalue weighted by molar-refractivity contribution is 0.590. The van der Waals surface area contributed by atoms with E-state index >= 15 is 0 Å². The van der Waals surface area contributed by atoms with Crippen molar-refractivity contribution in [2.75, 3.05) is 0 Å². The molecule has 0 amide bonds. The largest absolute Gasteiger partial charge is 0.192 e. The molecule has 0 saturated heterocycles. The van der Waals surface area contributed by atoms with E-state index in [0.717, 1.165) is 7.28 Å². The maximum Gasteiger partial charge on any atom is 0.192 e. The second-order valence-electron chi connectivity index (χ2n) is 8.07. The summed E-state index contributed by atoms with van der Waals surface area (Å²) in [6, 6.07) is 18.1. The van der Waals surface area contributed by atoms with Gasteiger partial charge in [-0.1, -0.05) is 101 Å². The van der Waals surface area contributed by atoms with E-state index in [-0.39, 0.29) is 10.8 Å². The maximum absolute atomic E-state index is 2.26. The number of benzene rings is 2. The first-order valence-electron chi connectivity index (χ1n) is 7.85. The predicted molar refractivity (Wildman–Crippen MR) is 96.7 cm³/mol. The van der Waals surface area contributed by atoms with Gasteiger partial charge in [0.25, 0.3) is 0 Å².